The Hall–Kier alpha value is -2.29. The third-order valence-corrected chi connectivity index (χ3v) is 3.98. The number of hydrogen-bond acceptors (Lipinski definition) is 3. The highest BCUT2D eigenvalue weighted by Crippen LogP contribution is 2.34. The minimum atomic E-state index is 0.185. The summed E-state index contributed by atoms with van der Waals surface area (Å²) in [7, 11) is 0. The van der Waals surface area contributed by atoms with Gasteiger partial charge in [0.05, 0.1) is 0 Å². The minimum absolute atomic E-state index is 0.185. The Labute approximate surface area is 119 Å². The molecule has 0 radical (unpaired) electrons. The molecule has 0 saturated carbocycles. The van der Waals surface area contributed by atoms with Crippen LogP contribution in [0.1, 0.15) is 23.7 Å². The van der Waals surface area contributed by atoms with E-state index in [4.69, 9.17) is 4.99 Å². The largest absolute Gasteiger partial charge is 0.361 e. The van der Waals surface area contributed by atoms with Crippen LogP contribution in [0.5, 0.6) is 0 Å². The van der Waals surface area contributed by atoms with Gasteiger partial charge in [0, 0.05) is 24.3 Å². The van der Waals surface area contributed by atoms with Crippen LogP contribution in [0.3, 0.4) is 0 Å². The number of benzene rings is 2. The molecular formula is C17H17N3. The standard InChI is InChI=1S/C17H17N3/c1-2-7-13(8-3-1)16-19-15-10-5-4-9-14(15)17-18-11-6-12-20(16)17/h1-5,7-10,16,19H,6,11-12H2. The highest BCUT2D eigenvalue weighted by molar-refractivity contribution is 6.05. The average Bonchev–Trinajstić information content (AvgIpc) is 2.55. The lowest BCUT2D eigenvalue weighted by atomic mass is 10.0. The molecule has 2 heterocycles. The molecule has 2 aromatic rings. The van der Waals surface area contributed by atoms with Crippen LogP contribution in [-0.4, -0.2) is 23.8 Å². The number of para-hydroxylation sites is 1. The van der Waals surface area contributed by atoms with Gasteiger partial charge in [0.25, 0.3) is 0 Å². The summed E-state index contributed by atoms with van der Waals surface area (Å²) >= 11 is 0. The number of aliphatic imine (C=N–C) groups is 1. The molecule has 3 heteroatoms. The topological polar surface area (TPSA) is 27.6 Å². The number of anilines is 1. The second-order valence-electron chi connectivity index (χ2n) is 5.26. The summed E-state index contributed by atoms with van der Waals surface area (Å²) in [4.78, 5) is 7.16. The molecule has 0 aliphatic carbocycles. The number of nitrogens with one attached hydrogen (secondary N) is 1. The fraction of sp³-hybridized carbons (Fsp3) is 0.235. The SMILES string of the molecule is c1ccc(C2Nc3ccccc3C3=NCCCN32)cc1. The molecule has 100 valence electrons. The van der Waals surface area contributed by atoms with Crippen LogP contribution in [0.15, 0.2) is 59.6 Å². The Morgan fingerprint density at radius 2 is 1.80 bits per heavy atom. The molecule has 2 aliphatic heterocycles. The van der Waals surface area contributed by atoms with Gasteiger partial charge in [0.15, 0.2) is 0 Å². The van der Waals surface area contributed by atoms with Crippen LogP contribution in [0, 0.1) is 0 Å². The van der Waals surface area contributed by atoms with Crippen LogP contribution >= 0.6 is 0 Å². The van der Waals surface area contributed by atoms with Gasteiger partial charge in [-0.05, 0) is 24.1 Å². The van der Waals surface area contributed by atoms with E-state index in [0.29, 0.717) is 0 Å². The van der Waals surface area contributed by atoms with Gasteiger partial charge < -0.3 is 10.2 Å². The first-order chi connectivity index (χ1) is 9.93. The predicted molar refractivity (Wildman–Crippen MR) is 82.0 cm³/mol. The van der Waals surface area contributed by atoms with Crippen LogP contribution in [0.2, 0.25) is 0 Å². The molecule has 0 bridgehead atoms. The molecule has 0 aromatic heterocycles. The smallest absolute Gasteiger partial charge is 0.134 e. The monoisotopic (exact) mass is 263 g/mol. The molecule has 0 saturated heterocycles. The highest BCUT2D eigenvalue weighted by atomic mass is 15.3. The van der Waals surface area contributed by atoms with Gasteiger partial charge >= 0.3 is 0 Å². The zero-order valence-corrected chi connectivity index (χ0v) is 11.3. The fourth-order valence-electron chi connectivity index (χ4n) is 3.04. The van der Waals surface area contributed by atoms with Crippen LogP contribution < -0.4 is 5.32 Å². The molecule has 0 fully saturated rings. The lowest BCUT2D eigenvalue weighted by Gasteiger charge is -2.42. The molecule has 2 aliphatic rings. The maximum absolute atomic E-state index is 4.77. The zero-order valence-electron chi connectivity index (χ0n) is 11.3. The van der Waals surface area contributed by atoms with Crippen molar-refractivity contribution in [3.8, 4) is 0 Å². The quantitative estimate of drug-likeness (QED) is 0.855. The van der Waals surface area contributed by atoms with Crippen molar-refractivity contribution in [3.05, 3.63) is 65.7 Å². The summed E-state index contributed by atoms with van der Waals surface area (Å²) in [5.41, 5.74) is 3.69. The summed E-state index contributed by atoms with van der Waals surface area (Å²) in [5, 5.41) is 3.66. The van der Waals surface area contributed by atoms with Crippen molar-refractivity contribution in [1.29, 1.82) is 0 Å². The maximum Gasteiger partial charge on any atom is 0.134 e. The van der Waals surface area contributed by atoms with Crippen molar-refractivity contribution in [2.45, 2.75) is 12.6 Å². The molecule has 0 spiro atoms. The number of fused-ring (bicyclic) bond motifs is 3. The molecule has 2 aromatic carbocycles. The first kappa shape index (κ1) is 11.5. The van der Waals surface area contributed by atoms with E-state index >= 15 is 0 Å². The van der Waals surface area contributed by atoms with Gasteiger partial charge in [-0.1, -0.05) is 42.5 Å². The van der Waals surface area contributed by atoms with Gasteiger partial charge in [-0.2, -0.15) is 0 Å². The maximum atomic E-state index is 4.77. The van der Waals surface area contributed by atoms with Crippen molar-refractivity contribution in [3.63, 3.8) is 0 Å². The van der Waals surface area contributed by atoms with E-state index in [-0.39, 0.29) is 6.17 Å². The first-order valence-electron chi connectivity index (χ1n) is 7.15. The van der Waals surface area contributed by atoms with E-state index < -0.39 is 0 Å². The summed E-state index contributed by atoms with van der Waals surface area (Å²) in [5.74, 6) is 1.14. The lowest BCUT2D eigenvalue weighted by molar-refractivity contribution is 0.323. The molecule has 1 N–H and O–H groups in total. The van der Waals surface area contributed by atoms with E-state index in [1.54, 1.807) is 0 Å². The highest BCUT2D eigenvalue weighted by Gasteiger charge is 2.31. The van der Waals surface area contributed by atoms with Crippen molar-refractivity contribution in [1.82, 2.24) is 4.90 Å². The van der Waals surface area contributed by atoms with E-state index in [2.05, 4.69) is 64.8 Å². The van der Waals surface area contributed by atoms with Crippen molar-refractivity contribution in [2.24, 2.45) is 4.99 Å². The Kier molecular flexibility index (Phi) is 2.69. The van der Waals surface area contributed by atoms with Crippen LogP contribution in [0.25, 0.3) is 0 Å². The molecule has 1 unspecified atom stereocenters. The van der Waals surface area contributed by atoms with E-state index in [1.165, 1.54) is 16.8 Å². The third-order valence-electron chi connectivity index (χ3n) is 3.98. The average molecular weight is 263 g/mol. The Morgan fingerprint density at radius 3 is 2.70 bits per heavy atom. The van der Waals surface area contributed by atoms with E-state index in [0.717, 1.165) is 25.3 Å². The number of hydrogen-bond donors (Lipinski definition) is 1. The molecule has 20 heavy (non-hydrogen) atoms. The number of rotatable bonds is 1. The van der Waals surface area contributed by atoms with E-state index in [9.17, 15) is 0 Å². The van der Waals surface area contributed by atoms with E-state index in [1.807, 2.05) is 0 Å². The van der Waals surface area contributed by atoms with Gasteiger partial charge in [-0.25, -0.2) is 0 Å². The minimum Gasteiger partial charge on any atom is -0.361 e. The number of nitrogens with zero attached hydrogens (tertiary/aromatic N) is 2. The lowest BCUT2D eigenvalue weighted by Crippen LogP contribution is -2.45. The first-order valence-corrected chi connectivity index (χ1v) is 7.15. The molecule has 0 amide bonds. The summed E-state index contributed by atoms with van der Waals surface area (Å²) in [6.45, 7) is 1.99. The second-order valence-corrected chi connectivity index (χ2v) is 5.26. The van der Waals surface area contributed by atoms with Crippen molar-refractivity contribution in [2.75, 3.05) is 18.4 Å². The van der Waals surface area contributed by atoms with Crippen molar-refractivity contribution < 1.29 is 0 Å². The zero-order chi connectivity index (χ0) is 13.4. The Bertz CT molecular complexity index is 648. The summed E-state index contributed by atoms with van der Waals surface area (Å²) in [6.07, 6.45) is 1.31. The summed E-state index contributed by atoms with van der Waals surface area (Å²) in [6, 6.07) is 19.1. The molecule has 1 atom stereocenters. The fourth-order valence-corrected chi connectivity index (χ4v) is 3.04. The second kappa shape index (κ2) is 4.67. The number of amidine groups is 1. The predicted octanol–water partition coefficient (Wildman–Crippen LogP) is 3.26. The van der Waals surface area contributed by atoms with Gasteiger partial charge in [0.1, 0.15) is 12.0 Å². The molecule has 3 nitrogen and oxygen atoms in total. The third kappa shape index (κ3) is 1.78. The Morgan fingerprint density at radius 1 is 1.00 bits per heavy atom. The van der Waals surface area contributed by atoms with Crippen LogP contribution in [0.4, 0.5) is 5.69 Å². The molecular weight excluding hydrogens is 246 g/mol. The van der Waals surface area contributed by atoms with Crippen molar-refractivity contribution >= 4 is 11.5 Å². The summed E-state index contributed by atoms with van der Waals surface area (Å²) < 4.78 is 0. The molecule has 4 rings (SSSR count). The van der Waals surface area contributed by atoms with Gasteiger partial charge in [0.2, 0.25) is 0 Å². The van der Waals surface area contributed by atoms with Crippen LogP contribution in [-0.2, 0) is 0 Å². The van der Waals surface area contributed by atoms with Gasteiger partial charge in [-0.3, -0.25) is 4.99 Å². The normalized spacial score (nSPS) is 20.5. The van der Waals surface area contributed by atoms with Gasteiger partial charge in [-0.15, -0.1) is 0 Å². The Balaban J connectivity index is 1.84.